The van der Waals surface area contributed by atoms with Crippen molar-refractivity contribution < 1.29 is 29.3 Å². The monoisotopic (exact) mass is 590 g/mol. The van der Waals surface area contributed by atoms with E-state index in [4.69, 9.17) is 9.47 Å². The molecule has 0 aromatic rings. The number of aliphatic hydroxyl groups is 2. The van der Waals surface area contributed by atoms with Gasteiger partial charge in [0, 0.05) is 12.8 Å². The van der Waals surface area contributed by atoms with E-state index in [2.05, 4.69) is 62.5 Å². The molecule has 0 aliphatic heterocycles. The Morgan fingerprint density at radius 1 is 0.667 bits per heavy atom. The number of allylic oxidation sites excluding steroid dienone is 8. The third-order valence-electron chi connectivity index (χ3n) is 7.18. The number of ether oxygens (including phenoxy) is 2. The van der Waals surface area contributed by atoms with Crippen LogP contribution in [0.25, 0.3) is 0 Å². The number of carbonyl (C=O) groups is 2. The summed E-state index contributed by atoms with van der Waals surface area (Å²) in [4.78, 5) is 24.1. The van der Waals surface area contributed by atoms with Crippen molar-refractivity contribution in [1.29, 1.82) is 0 Å². The molecule has 1 unspecified atom stereocenters. The predicted octanol–water partition coefficient (Wildman–Crippen LogP) is 8.72. The highest BCUT2D eigenvalue weighted by molar-refractivity contribution is 5.70. The maximum atomic E-state index is 12.1. The van der Waals surface area contributed by atoms with E-state index < -0.39 is 6.10 Å². The second kappa shape index (κ2) is 30.3. The van der Waals surface area contributed by atoms with Crippen molar-refractivity contribution >= 4 is 11.9 Å². The van der Waals surface area contributed by atoms with Gasteiger partial charge in [-0.2, -0.15) is 0 Å². The Morgan fingerprint density at radius 2 is 1.19 bits per heavy atom. The molecule has 0 amide bonds. The fourth-order valence-electron chi connectivity index (χ4n) is 4.24. The number of hydrogen-bond acceptors (Lipinski definition) is 6. The molecule has 6 heteroatoms. The average molecular weight is 591 g/mol. The minimum atomic E-state index is -0.800. The highest BCUT2D eigenvalue weighted by Crippen LogP contribution is 2.15. The SMILES string of the molecule is CCC(C)CCCCCCCCC(=O)O[C@@H](CO)COC(=O)CCC/C=C\C/C=C\C/C=C\C/C=C\CCC[C@@H](C)O. The minimum absolute atomic E-state index is 0.105. The zero-order chi connectivity index (χ0) is 31.1. The summed E-state index contributed by atoms with van der Waals surface area (Å²) >= 11 is 0. The van der Waals surface area contributed by atoms with Crippen molar-refractivity contribution in [1.82, 2.24) is 0 Å². The second-order valence-electron chi connectivity index (χ2n) is 11.4. The molecule has 0 aliphatic carbocycles. The van der Waals surface area contributed by atoms with Gasteiger partial charge in [-0.05, 0) is 70.6 Å². The molecule has 0 bridgehead atoms. The van der Waals surface area contributed by atoms with Gasteiger partial charge in [0.25, 0.3) is 0 Å². The lowest BCUT2D eigenvalue weighted by Gasteiger charge is -2.15. The number of carbonyl (C=O) groups excluding carboxylic acids is 2. The van der Waals surface area contributed by atoms with Crippen molar-refractivity contribution in [2.75, 3.05) is 13.2 Å². The standard InChI is InChI=1S/C36H62O6/c1-4-32(2)26-22-18-16-17-21-25-29-36(40)42-34(30-37)31-41-35(39)28-24-20-15-13-11-9-7-5-6-8-10-12-14-19-23-27-33(3)38/h6-9,12-15,32-34,37-38H,4-5,10-11,16-31H2,1-3H3/b8-6-,9-7-,14-12-,15-13-/t32?,33-,34+/m1/s1. The van der Waals surface area contributed by atoms with Gasteiger partial charge in [0.1, 0.15) is 6.61 Å². The molecule has 6 nitrogen and oxygen atoms in total. The Labute approximate surface area is 257 Å². The van der Waals surface area contributed by atoms with Crippen molar-refractivity contribution in [3.63, 3.8) is 0 Å². The molecule has 2 N–H and O–H groups in total. The first-order valence-electron chi connectivity index (χ1n) is 16.6. The molecular weight excluding hydrogens is 528 g/mol. The van der Waals surface area contributed by atoms with E-state index >= 15 is 0 Å². The lowest BCUT2D eigenvalue weighted by Crippen LogP contribution is -2.28. The molecule has 0 fully saturated rings. The summed E-state index contributed by atoms with van der Waals surface area (Å²) in [7, 11) is 0. The summed E-state index contributed by atoms with van der Waals surface area (Å²) in [6.45, 7) is 5.91. The van der Waals surface area contributed by atoms with Crippen molar-refractivity contribution in [2.24, 2.45) is 5.92 Å². The van der Waals surface area contributed by atoms with Gasteiger partial charge >= 0.3 is 11.9 Å². The summed E-state index contributed by atoms with van der Waals surface area (Å²) < 4.78 is 10.5. The van der Waals surface area contributed by atoms with Crippen molar-refractivity contribution in [2.45, 2.75) is 149 Å². The molecular formula is C36H62O6. The summed E-state index contributed by atoms with van der Waals surface area (Å²) in [5, 5.41) is 18.7. The smallest absolute Gasteiger partial charge is 0.306 e. The molecule has 242 valence electrons. The lowest BCUT2D eigenvalue weighted by atomic mass is 10.00. The highest BCUT2D eigenvalue weighted by Gasteiger charge is 2.16. The molecule has 42 heavy (non-hydrogen) atoms. The van der Waals surface area contributed by atoms with Gasteiger partial charge in [0.15, 0.2) is 6.10 Å². The van der Waals surface area contributed by atoms with Crippen LogP contribution in [-0.2, 0) is 19.1 Å². The van der Waals surface area contributed by atoms with E-state index in [0.717, 1.165) is 70.1 Å². The molecule has 0 radical (unpaired) electrons. The summed E-state index contributed by atoms with van der Waals surface area (Å²) in [5.74, 6) is 0.132. The van der Waals surface area contributed by atoms with Gasteiger partial charge in [-0.15, -0.1) is 0 Å². The highest BCUT2D eigenvalue weighted by atomic mass is 16.6. The van der Waals surface area contributed by atoms with E-state index in [1.165, 1.54) is 32.1 Å². The number of rotatable bonds is 28. The van der Waals surface area contributed by atoms with Crippen LogP contribution in [0.4, 0.5) is 0 Å². The van der Waals surface area contributed by atoms with Crippen LogP contribution < -0.4 is 0 Å². The first-order chi connectivity index (χ1) is 20.4. The number of aliphatic hydroxyl groups excluding tert-OH is 2. The van der Waals surface area contributed by atoms with E-state index in [9.17, 15) is 19.8 Å². The molecule has 0 spiro atoms. The summed E-state index contributed by atoms with van der Waals surface area (Å²) in [6.07, 6.45) is 33.1. The summed E-state index contributed by atoms with van der Waals surface area (Å²) in [5.41, 5.74) is 0. The van der Waals surface area contributed by atoms with E-state index in [1.807, 2.05) is 6.92 Å². The third kappa shape index (κ3) is 29.3. The molecule has 0 saturated carbocycles. The normalized spacial score (nSPS) is 14.3. The molecule has 0 aromatic carbocycles. The number of hydrogen-bond donors (Lipinski definition) is 2. The Kier molecular flexibility index (Phi) is 28.7. The van der Waals surface area contributed by atoms with Crippen LogP contribution in [0, 0.1) is 5.92 Å². The molecule has 0 rings (SSSR count). The Balaban J connectivity index is 3.74. The predicted molar refractivity (Wildman–Crippen MR) is 174 cm³/mol. The maximum absolute atomic E-state index is 12.1. The lowest BCUT2D eigenvalue weighted by molar-refractivity contribution is -0.161. The van der Waals surface area contributed by atoms with Gasteiger partial charge in [0.2, 0.25) is 0 Å². The maximum Gasteiger partial charge on any atom is 0.306 e. The largest absolute Gasteiger partial charge is 0.462 e. The van der Waals surface area contributed by atoms with Crippen LogP contribution in [0.3, 0.4) is 0 Å². The second-order valence-corrected chi connectivity index (χ2v) is 11.4. The van der Waals surface area contributed by atoms with E-state index in [-0.39, 0.29) is 31.3 Å². The Morgan fingerprint density at radius 3 is 1.76 bits per heavy atom. The molecule has 3 atom stereocenters. The number of esters is 2. The molecule has 0 aliphatic rings. The zero-order valence-corrected chi connectivity index (χ0v) is 27.0. The Hall–Kier alpha value is -2.18. The fourth-order valence-corrected chi connectivity index (χ4v) is 4.24. The van der Waals surface area contributed by atoms with E-state index in [0.29, 0.717) is 19.3 Å². The van der Waals surface area contributed by atoms with Crippen LogP contribution >= 0.6 is 0 Å². The average Bonchev–Trinajstić information content (AvgIpc) is 2.97. The summed E-state index contributed by atoms with van der Waals surface area (Å²) in [6, 6.07) is 0. The number of unbranched alkanes of at least 4 members (excludes halogenated alkanes) is 7. The topological polar surface area (TPSA) is 93.1 Å². The van der Waals surface area contributed by atoms with Crippen LogP contribution in [0.5, 0.6) is 0 Å². The minimum Gasteiger partial charge on any atom is -0.462 e. The van der Waals surface area contributed by atoms with Crippen LogP contribution in [-0.4, -0.2) is 47.6 Å². The quantitative estimate of drug-likeness (QED) is 0.0538. The van der Waals surface area contributed by atoms with Crippen LogP contribution in [0.15, 0.2) is 48.6 Å². The van der Waals surface area contributed by atoms with Crippen molar-refractivity contribution in [3.8, 4) is 0 Å². The molecule has 0 heterocycles. The van der Waals surface area contributed by atoms with Gasteiger partial charge in [0.05, 0.1) is 12.7 Å². The van der Waals surface area contributed by atoms with E-state index in [1.54, 1.807) is 0 Å². The third-order valence-corrected chi connectivity index (χ3v) is 7.18. The van der Waals surface area contributed by atoms with Gasteiger partial charge in [-0.1, -0.05) is 107 Å². The molecule has 0 aromatic heterocycles. The van der Waals surface area contributed by atoms with Crippen LogP contribution in [0.2, 0.25) is 0 Å². The molecule has 0 saturated heterocycles. The zero-order valence-electron chi connectivity index (χ0n) is 27.0. The van der Waals surface area contributed by atoms with Gasteiger partial charge in [-0.25, -0.2) is 0 Å². The fraction of sp³-hybridized carbons (Fsp3) is 0.722. The van der Waals surface area contributed by atoms with Crippen molar-refractivity contribution in [3.05, 3.63) is 48.6 Å². The first-order valence-corrected chi connectivity index (χ1v) is 16.6. The van der Waals surface area contributed by atoms with Crippen LogP contribution in [0.1, 0.15) is 136 Å². The van der Waals surface area contributed by atoms with Gasteiger partial charge in [-0.3, -0.25) is 9.59 Å². The Bertz CT molecular complexity index is 752. The van der Waals surface area contributed by atoms with Gasteiger partial charge < -0.3 is 19.7 Å². The first kappa shape index (κ1) is 39.8.